The third kappa shape index (κ3) is 3.47. The van der Waals surface area contributed by atoms with Crippen LogP contribution in [0.5, 0.6) is 0 Å². The van der Waals surface area contributed by atoms with Crippen LogP contribution in [0.1, 0.15) is 18.7 Å². The van der Waals surface area contributed by atoms with Crippen molar-refractivity contribution in [1.29, 1.82) is 0 Å². The molecule has 0 fully saturated rings. The molecule has 0 radical (unpaired) electrons. The summed E-state index contributed by atoms with van der Waals surface area (Å²) in [4.78, 5) is 7.57. The second-order valence-corrected chi connectivity index (χ2v) is 4.18. The topological polar surface area (TPSA) is 69.2 Å². The van der Waals surface area contributed by atoms with E-state index in [1.807, 2.05) is 0 Å². The van der Waals surface area contributed by atoms with Gasteiger partial charge >= 0.3 is 0 Å². The fourth-order valence-corrected chi connectivity index (χ4v) is 1.48. The molecule has 0 saturated carbocycles. The van der Waals surface area contributed by atoms with Gasteiger partial charge in [-0.15, -0.1) is 0 Å². The average Bonchev–Trinajstić information content (AvgIpc) is 2.03. The maximum absolute atomic E-state index is 10.7. The molecule has 0 amide bonds. The Balaban J connectivity index is 2.76. The Morgan fingerprint density at radius 2 is 2.23 bits per heavy atom. The van der Waals surface area contributed by atoms with Crippen molar-refractivity contribution in [3.8, 4) is 0 Å². The van der Waals surface area contributed by atoms with Crippen LogP contribution in [0.2, 0.25) is 0 Å². The van der Waals surface area contributed by atoms with E-state index in [0.717, 1.165) is 6.26 Å². The fourth-order valence-electron chi connectivity index (χ4n) is 0.853. The lowest BCUT2D eigenvalue weighted by Crippen LogP contribution is -2.08. The highest BCUT2D eigenvalue weighted by Crippen LogP contribution is 2.14. The molecule has 1 aromatic heterocycles. The van der Waals surface area contributed by atoms with E-state index in [0.29, 0.717) is 5.69 Å². The third-order valence-corrected chi connectivity index (χ3v) is 1.98. The van der Waals surface area contributed by atoms with Gasteiger partial charge in [0, 0.05) is 6.20 Å². The molecule has 1 aromatic rings. The maximum atomic E-state index is 10.7. The molecule has 0 aromatic carbocycles. The van der Waals surface area contributed by atoms with Gasteiger partial charge in [-0.2, -0.15) is 8.42 Å². The Bertz CT molecular complexity index is 363. The van der Waals surface area contributed by atoms with Gasteiger partial charge in [-0.3, -0.25) is 4.18 Å². The summed E-state index contributed by atoms with van der Waals surface area (Å²) in [5.74, 6) is 0. The summed E-state index contributed by atoms with van der Waals surface area (Å²) in [6.07, 6.45) is 3.31. The zero-order valence-corrected chi connectivity index (χ0v) is 8.15. The monoisotopic (exact) mass is 202 g/mol. The van der Waals surface area contributed by atoms with E-state index < -0.39 is 16.2 Å². The molecule has 0 spiro atoms. The molecule has 0 N–H and O–H groups in total. The van der Waals surface area contributed by atoms with Crippen molar-refractivity contribution < 1.29 is 12.6 Å². The molecule has 1 rings (SSSR count). The van der Waals surface area contributed by atoms with Crippen molar-refractivity contribution in [1.82, 2.24) is 9.97 Å². The van der Waals surface area contributed by atoms with Gasteiger partial charge in [0.1, 0.15) is 12.4 Å². The minimum absolute atomic E-state index is 0.542. The van der Waals surface area contributed by atoms with Crippen molar-refractivity contribution in [3.05, 3.63) is 24.3 Å². The first kappa shape index (κ1) is 10.1. The van der Waals surface area contributed by atoms with Gasteiger partial charge in [0.2, 0.25) is 0 Å². The molecule has 1 unspecified atom stereocenters. The van der Waals surface area contributed by atoms with E-state index in [2.05, 4.69) is 9.97 Å². The lowest BCUT2D eigenvalue weighted by molar-refractivity contribution is 0.231. The smallest absolute Gasteiger partial charge is 0.261 e. The van der Waals surface area contributed by atoms with Crippen LogP contribution in [0.3, 0.4) is 0 Å². The van der Waals surface area contributed by atoms with Crippen LogP contribution in [0, 0.1) is 0 Å². The molecular weight excluding hydrogens is 192 g/mol. The Hall–Kier alpha value is -1.01. The normalized spacial score (nSPS) is 14.0. The first-order valence-corrected chi connectivity index (χ1v) is 5.45. The van der Waals surface area contributed by atoms with Crippen molar-refractivity contribution in [2.24, 2.45) is 0 Å². The zero-order valence-electron chi connectivity index (χ0n) is 7.34. The number of nitrogens with zero attached hydrogens (tertiary/aromatic N) is 2. The van der Waals surface area contributed by atoms with Gasteiger partial charge in [-0.25, -0.2) is 9.97 Å². The van der Waals surface area contributed by atoms with Crippen LogP contribution >= 0.6 is 0 Å². The summed E-state index contributed by atoms with van der Waals surface area (Å²) in [6, 6.07) is 1.61. The molecule has 1 atom stereocenters. The number of aromatic nitrogens is 2. The highest BCUT2D eigenvalue weighted by Gasteiger charge is 2.12. The van der Waals surface area contributed by atoms with Gasteiger partial charge < -0.3 is 0 Å². The molecule has 72 valence electrons. The standard InChI is InChI=1S/C7H10N2O3S/c1-6(12-13(2,10)11)7-3-4-8-5-9-7/h3-6H,1-2H3. The Kier molecular flexibility index (Phi) is 2.94. The lowest BCUT2D eigenvalue weighted by atomic mass is 10.3. The molecule has 0 bridgehead atoms. The number of hydrogen-bond acceptors (Lipinski definition) is 5. The third-order valence-electron chi connectivity index (χ3n) is 1.34. The first-order chi connectivity index (χ1) is 5.99. The maximum Gasteiger partial charge on any atom is 0.265 e. The second-order valence-electron chi connectivity index (χ2n) is 2.58. The fraction of sp³-hybridized carbons (Fsp3) is 0.429. The van der Waals surface area contributed by atoms with Crippen LogP contribution in [0.4, 0.5) is 0 Å². The van der Waals surface area contributed by atoms with Crippen LogP contribution in [0.25, 0.3) is 0 Å². The van der Waals surface area contributed by atoms with Gasteiger partial charge in [0.25, 0.3) is 10.1 Å². The van der Waals surface area contributed by atoms with E-state index in [1.54, 1.807) is 13.0 Å². The molecule has 0 aliphatic rings. The summed E-state index contributed by atoms with van der Waals surface area (Å²) in [6.45, 7) is 1.61. The quantitative estimate of drug-likeness (QED) is 0.668. The van der Waals surface area contributed by atoms with Gasteiger partial charge in [0.15, 0.2) is 0 Å². The van der Waals surface area contributed by atoms with Crippen LogP contribution in [-0.2, 0) is 14.3 Å². The Morgan fingerprint density at radius 3 is 2.69 bits per heavy atom. The van der Waals surface area contributed by atoms with E-state index in [-0.39, 0.29) is 0 Å². The van der Waals surface area contributed by atoms with E-state index in [9.17, 15) is 8.42 Å². The summed E-state index contributed by atoms with van der Waals surface area (Å²) in [5, 5.41) is 0. The van der Waals surface area contributed by atoms with Crippen LogP contribution in [0.15, 0.2) is 18.6 Å². The predicted molar refractivity (Wildman–Crippen MR) is 46.4 cm³/mol. The first-order valence-electron chi connectivity index (χ1n) is 3.63. The lowest BCUT2D eigenvalue weighted by Gasteiger charge is -2.08. The van der Waals surface area contributed by atoms with E-state index in [1.165, 1.54) is 12.5 Å². The minimum atomic E-state index is -3.43. The molecule has 1 heterocycles. The van der Waals surface area contributed by atoms with Crippen molar-refractivity contribution in [2.45, 2.75) is 13.0 Å². The van der Waals surface area contributed by atoms with Crippen LogP contribution < -0.4 is 0 Å². The van der Waals surface area contributed by atoms with Crippen molar-refractivity contribution in [3.63, 3.8) is 0 Å². The molecule has 0 aliphatic carbocycles. The van der Waals surface area contributed by atoms with Crippen molar-refractivity contribution >= 4 is 10.1 Å². The minimum Gasteiger partial charge on any atom is -0.261 e. The summed E-state index contributed by atoms with van der Waals surface area (Å²) < 4.78 is 26.2. The SMILES string of the molecule is CC(OS(C)(=O)=O)c1ccncn1. The molecular formula is C7H10N2O3S. The molecule has 0 aliphatic heterocycles. The van der Waals surface area contributed by atoms with Crippen molar-refractivity contribution in [2.75, 3.05) is 6.26 Å². The Morgan fingerprint density at radius 1 is 1.54 bits per heavy atom. The predicted octanol–water partition coefficient (Wildman–Crippen LogP) is 0.514. The highest BCUT2D eigenvalue weighted by atomic mass is 32.2. The number of rotatable bonds is 3. The molecule has 13 heavy (non-hydrogen) atoms. The molecule has 5 nitrogen and oxygen atoms in total. The van der Waals surface area contributed by atoms with Gasteiger partial charge in [0.05, 0.1) is 11.9 Å². The summed E-state index contributed by atoms with van der Waals surface area (Å²) in [7, 11) is -3.43. The molecule has 0 saturated heterocycles. The average molecular weight is 202 g/mol. The summed E-state index contributed by atoms with van der Waals surface area (Å²) in [5.41, 5.74) is 0.542. The van der Waals surface area contributed by atoms with E-state index in [4.69, 9.17) is 4.18 Å². The number of hydrogen-bond donors (Lipinski definition) is 0. The second kappa shape index (κ2) is 3.80. The Labute approximate surface area is 76.9 Å². The zero-order chi connectivity index (χ0) is 9.90. The summed E-state index contributed by atoms with van der Waals surface area (Å²) >= 11 is 0. The van der Waals surface area contributed by atoms with Gasteiger partial charge in [-0.05, 0) is 13.0 Å². The van der Waals surface area contributed by atoms with E-state index >= 15 is 0 Å². The highest BCUT2D eigenvalue weighted by molar-refractivity contribution is 7.86. The van der Waals surface area contributed by atoms with Gasteiger partial charge in [-0.1, -0.05) is 0 Å². The van der Waals surface area contributed by atoms with Crippen LogP contribution in [-0.4, -0.2) is 24.6 Å². The molecule has 6 heteroatoms. The largest absolute Gasteiger partial charge is 0.265 e.